The van der Waals surface area contributed by atoms with Crippen LogP contribution in [-0.2, 0) is 0 Å². The second-order valence-electron chi connectivity index (χ2n) is 2.76. The minimum Gasteiger partial charge on any atom is -0.229 e. The molecule has 0 atom stereocenters. The van der Waals surface area contributed by atoms with Crippen molar-refractivity contribution in [3.63, 3.8) is 0 Å². The summed E-state index contributed by atoms with van der Waals surface area (Å²) >= 11 is 0. The van der Waals surface area contributed by atoms with E-state index in [0.717, 1.165) is 11.5 Å². The quantitative estimate of drug-likeness (QED) is 0.716. The predicted molar refractivity (Wildman–Crippen MR) is 53.9 cm³/mol. The molecule has 0 amide bonds. The van der Waals surface area contributed by atoms with Crippen LogP contribution < -0.4 is 0 Å². The van der Waals surface area contributed by atoms with Crippen molar-refractivity contribution in [3.8, 4) is 5.82 Å². The Kier molecular flexibility index (Phi) is 2.36. The summed E-state index contributed by atoms with van der Waals surface area (Å²) in [5.41, 5.74) is 0.917. The molecule has 0 radical (unpaired) electrons. The molecule has 0 N–H and O–H groups in total. The zero-order valence-electron chi connectivity index (χ0n) is 7.83. The van der Waals surface area contributed by atoms with E-state index in [-0.39, 0.29) is 0 Å². The van der Waals surface area contributed by atoms with E-state index in [1.165, 1.54) is 6.33 Å². The highest BCUT2D eigenvalue weighted by Crippen LogP contribution is 2.04. The first-order valence-corrected chi connectivity index (χ1v) is 4.35. The van der Waals surface area contributed by atoms with E-state index in [1.807, 2.05) is 37.3 Å². The fourth-order valence-corrected chi connectivity index (χ4v) is 1.16. The maximum atomic E-state index is 4.38. The first-order valence-electron chi connectivity index (χ1n) is 4.35. The maximum Gasteiger partial charge on any atom is 0.155 e. The van der Waals surface area contributed by atoms with Crippen molar-refractivity contribution in [1.29, 1.82) is 0 Å². The number of hydrogen-bond acceptors (Lipinski definition) is 3. The highest BCUT2D eigenvalue weighted by atomic mass is 15.3. The van der Waals surface area contributed by atoms with E-state index in [0.29, 0.717) is 0 Å². The molecule has 0 saturated heterocycles. The van der Waals surface area contributed by atoms with E-state index in [4.69, 9.17) is 0 Å². The fourth-order valence-electron chi connectivity index (χ4n) is 1.16. The standard InChI is InChI=1S/C10H10N4/c1-2-4-9-5-3-6-10(13-9)14-8-11-7-12-14/h2-8H,1H3/b4-2+. The molecule has 0 aromatic carbocycles. The number of hydrogen-bond donors (Lipinski definition) is 0. The van der Waals surface area contributed by atoms with E-state index >= 15 is 0 Å². The molecule has 4 heteroatoms. The fraction of sp³-hybridized carbons (Fsp3) is 0.100. The van der Waals surface area contributed by atoms with Crippen molar-refractivity contribution in [2.24, 2.45) is 0 Å². The molecule has 2 rings (SSSR count). The van der Waals surface area contributed by atoms with Crippen LogP contribution in [0.3, 0.4) is 0 Å². The lowest BCUT2D eigenvalue weighted by molar-refractivity contribution is 0.844. The molecule has 0 bridgehead atoms. The van der Waals surface area contributed by atoms with Gasteiger partial charge < -0.3 is 0 Å². The smallest absolute Gasteiger partial charge is 0.155 e. The van der Waals surface area contributed by atoms with Crippen LogP contribution in [0.5, 0.6) is 0 Å². The van der Waals surface area contributed by atoms with Gasteiger partial charge in [0.1, 0.15) is 12.7 Å². The van der Waals surface area contributed by atoms with Gasteiger partial charge >= 0.3 is 0 Å². The van der Waals surface area contributed by atoms with Crippen LogP contribution in [0.15, 0.2) is 36.9 Å². The molecule has 4 nitrogen and oxygen atoms in total. The zero-order valence-corrected chi connectivity index (χ0v) is 7.83. The summed E-state index contributed by atoms with van der Waals surface area (Å²) in [7, 11) is 0. The summed E-state index contributed by atoms with van der Waals surface area (Å²) in [6, 6.07) is 5.78. The molecular weight excluding hydrogens is 176 g/mol. The van der Waals surface area contributed by atoms with Crippen molar-refractivity contribution >= 4 is 6.08 Å². The van der Waals surface area contributed by atoms with Crippen LogP contribution in [-0.4, -0.2) is 19.7 Å². The third-order valence-electron chi connectivity index (χ3n) is 1.75. The van der Waals surface area contributed by atoms with Crippen molar-refractivity contribution < 1.29 is 0 Å². The van der Waals surface area contributed by atoms with Gasteiger partial charge in [0.25, 0.3) is 0 Å². The summed E-state index contributed by atoms with van der Waals surface area (Å²) in [5.74, 6) is 0.776. The summed E-state index contributed by atoms with van der Waals surface area (Å²) in [6.45, 7) is 1.96. The summed E-state index contributed by atoms with van der Waals surface area (Å²) < 4.78 is 1.63. The lowest BCUT2D eigenvalue weighted by Crippen LogP contribution is -1.98. The van der Waals surface area contributed by atoms with Crippen LogP contribution in [0.2, 0.25) is 0 Å². The number of pyridine rings is 1. The van der Waals surface area contributed by atoms with Crippen LogP contribution in [0.25, 0.3) is 11.9 Å². The molecule has 0 aliphatic heterocycles. The minimum atomic E-state index is 0.776. The van der Waals surface area contributed by atoms with Gasteiger partial charge in [-0.15, -0.1) is 0 Å². The molecule has 14 heavy (non-hydrogen) atoms. The Morgan fingerprint density at radius 2 is 2.29 bits per heavy atom. The lowest BCUT2D eigenvalue weighted by Gasteiger charge is -1.99. The first-order chi connectivity index (χ1) is 6.90. The maximum absolute atomic E-state index is 4.38. The molecule has 0 fully saturated rings. The monoisotopic (exact) mass is 186 g/mol. The number of aromatic nitrogens is 4. The predicted octanol–water partition coefficient (Wildman–Crippen LogP) is 1.70. The van der Waals surface area contributed by atoms with Gasteiger partial charge in [0.15, 0.2) is 5.82 Å². The molecule has 0 saturated carbocycles. The van der Waals surface area contributed by atoms with E-state index in [2.05, 4.69) is 15.1 Å². The van der Waals surface area contributed by atoms with Crippen LogP contribution in [0, 0.1) is 0 Å². The van der Waals surface area contributed by atoms with Gasteiger partial charge in [-0.25, -0.2) is 14.6 Å². The topological polar surface area (TPSA) is 43.6 Å². The van der Waals surface area contributed by atoms with Gasteiger partial charge in [0, 0.05) is 0 Å². The normalized spacial score (nSPS) is 10.9. The Hall–Kier alpha value is -1.97. The summed E-state index contributed by atoms with van der Waals surface area (Å²) in [5, 5.41) is 4.01. The molecule has 0 aliphatic rings. The van der Waals surface area contributed by atoms with Crippen LogP contribution >= 0.6 is 0 Å². The van der Waals surface area contributed by atoms with Gasteiger partial charge in [-0.1, -0.05) is 12.1 Å². The third kappa shape index (κ3) is 1.69. The molecule has 0 unspecified atom stereocenters. The molecule has 0 aliphatic carbocycles. The number of rotatable bonds is 2. The Morgan fingerprint density at radius 1 is 1.36 bits per heavy atom. The Bertz CT molecular complexity index is 431. The average molecular weight is 186 g/mol. The largest absolute Gasteiger partial charge is 0.229 e. The van der Waals surface area contributed by atoms with Gasteiger partial charge in [-0.05, 0) is 25.1 Å². The molecular formula is C10H10N4. The second kappa shape index (κ2) is 3.83. The van der Waals surface area contributed by atoms with Gasteiger partial charge in [0.2, 0.25) is 0 Å². The zero-order chi connectivity index (χ0) is 9.80. The van der Waals surface area contributed by atoms with Crippen molar-refractivity contribution in [3.05, 3.63) is 42.6 Å². The highest BCUT2D eigenvalue weighted by Gasteiger charge is 1.97. The molecule has 2 aromatic rings. The third-order valence-corrected chi connectivity index (χ3v) is 1.75. The minimum absolute atomic E-state index is 0.776. The summed E-state index contributed by atoms with van der Waals surface area (Å²) in [6.07, 6.45) is 7.01. The van der Waals surface area contributed by atoms with Crippen molar-refractivity contribution in [2.45, 2.75) is 6.92 Å². The number of allylic oxidation sites excluding steroid dienone is 1. The molecule has 70 valence electrons. The molecule has 2 aromatic heterocycles. The highest BCUT2D eigenvalue weighted by molar-refractivity contribution is 5.45. The Balaban J connectivity index is 2.40. The van der Waals surface area contributed by atoms with Gasteiger partial charge in [-0.3, -0.25) is 0 Å². The Labute approximate surface area is 81.9 Å². The van der Waals surface area contributed by atoms with Crippen molar-refractivity contribution in [2.75, 3.05) is 0 Å². The number of nitrogens with zero attached hydrogens (tertiary/aromatic N) is 4. The Morgan fingerprint density at radius 3 is 3.00 bits per heavy atom. The van der Waals surface area contributed by atoms with Gasteiger partial charge in [-0.2, -0.15) is 5.10 Å². The lowest BCUT2D eigenvalue weighted by atomic mass is 10.3. The first kappa shape index (κ1) is 8.62. The van der Waals surface area contributed by atoms with E-state index in [1.54, 1.807) is 11.0 Å². The molecule has 2 heterocycles. The SMILES string of the molecule is C/C=C/c1cccc(-n2cncn2)n1. The van der Waals surface area contributed by atoms with Crippen molar-refractivity contribution in [1.82, 2.24) is 19.7 Å². The van der Waals surface area contributed by atoms with Crippen LogP contribution in [0.1, 0.15) is 12.6 Å². The summed E-state index contributed by atoms with van der Waals surface area (Å²) in [4.78, 5) is 8.25. The van der Waals surface area contributed by atoms with E-state index < -0.39 is 0 Å². The van der Waals surface area contributed by atoms with E-state index in [9.17, 15) is 0 Å². The average Bonchev–Trinajstić information content (AvgIpc) is 2.71. The second-order valence-corrected chi connectivity index (χ2v) is 2.76. The van der Waals surface area contributed by atoms with Crippen LogP contribution in [0.4, 0.5) is 0 Å². The molecule has 0 spiro atoms. The van der Waals surface area contributed by atoms with Gasteiger partial charge in [0.05, 0.1) is 5.69 Å².